The van der Waals surface area contributed by atoms with Crippen molar-refractivity contribution in [2.24, 2.45) is 5.92 Å². The predicted octanol–water partition coefficient (Wildman–Crippen LogP) is 3.59. The van der Waals surface area contributed by atoms with E-state index in [1.165, 1.54) is 32.2 Å². The number of rotatable bonds is 7. The fraction of sp³-hybridized carbons (Fsp3) is 1.00. The summed E-state index contributed by atoms with van der Waals surface area (Å²) >= 11 is 0. The Hall–Kier alpha value is -0.0400. The van der Waals surface area contributed by atoms with Crippen LogP contribution in [0.3, 0.4) is 0 Å². The molecule has 0 aromatic carbocycles. The SMILES string of the molecule is CCC(C)CNC(CC)(CC)CC. The Kier molecular flexibility index (Phi) is 6.40. The Labute approximate surface area is 84.3 Å². The van der Waals surface area contributed by atoms with Crippen molar-refractivity contribution >= 4 is 0 Å². The number of hydrogen-bond donors (Lipinski definition) is 1. The Bertz CT molecular complexity index is 108. The van der Waals surface area contributed by atoms with Gasteiger partial charge in [0.2, 0.25) is 0 Å². The fourth-order valence-electron chi connectivity index (χ4n) is 1.66. The Morgan fingerprint density at radius 2 is 1.46 bits per heavy atom. The topological polar surface area (TPSA) is 12.0 Å². The molecule has 0 saturated carbocycles. The molecular weight excluding hydrogens is 158 g/mol. The van der Waals surface area contributed by atoms with Crippen LogP contribution in [0, 0.1) is 5.92 Å². The lowest BCUT2D eigenvalue weighted by Gasteiger charge is -2.33. The zero-order valence-electron chi connectivity index (χ0n) is 10.1. The molecule has 0 aromatic rings. The highest BCUT2D eigenvalue weighted by Gasteiger charge is 2.22. The monoisotopic (exact) mass is 185 g/mol. The summed E-state index contributed by atoms with van der Waals surface area (Å²) in [4.78, 5) is 0. The minimum absolute atomic E-state index is 0.406. The number of hydrogen-bond acceptors (Lipinski definition) is 1. The van der Waals surface area contributed by atoms with Crippen molar-refractivity contribution < 1.29 is 0 Å². The molecule has 0 spiro atoms. The van der Waals surface area contributed by atoms with Gasteiger partial charge in [-0.25, -0.2) is 0 Å². The number of nitrogens with one attached hydrogen (secondary N) is 1. The van der Waals surface area contributed by atoms with E-state index in [0.717, 1.165) is 5.92 Å². The molecule has 0 bridgehead atoms. The quantitative estimate of drug-likeness (QED) is 0.639. The van der Waals surface area contributed by atoms with Gasteiger partial charge in [-0.2, -0.15) is 0 Å². The van der Waals surface area contributed by atoms with Crippen LogP contribution in [0.15, 0.2) is 0 Å². The zero-order chi connectivity index (χ0) is 10.3. The second-order valence-electron chi connectivity index (χ2n) is 4.24. The molecule has 0 saturated heterocycles. The minimum Gasteiger partial charge on any atom is -0.311 e. The smallest absolute Gasteiger partial charge is 0.0173 e. The van der Waals surface area contributed by atoms with Gasteiger partial charge in [0.05, 0.1) is 0 Å². The molecule has 1 atom stereocenters. The van der Waals surface area contributed by atoms with Crippen molar-refractivity contribution in [2.75, 3.05) is 6.54 Å². The van der Waals surface area contributed by atoms with Crippen LogP contribution in [-0.2, 0) is 0 Å². The van der Waals surface area contributed by atoms with Crippen LogP contribution in [0.2, 0.25) is 0 Å². The average molecular weight is 185 g/mol. The first-order chi connectivity index (χ1) is 6.14. The summed E-state index contributed by atoms with van der Waals surface area (Å²) < 4.78 is 0. The molecule has 0 radical (unpaired) electrons. The maximum Gasteiger partial charge on any atom is 0.0173 e. The van der Waals surface area contributed by atoms with Crippen molar-refractivity contribution in [3.05, 3.63) is 0 Å². The minimum atomic E-state index is 0.406. The van der Waals surface area contributed by atoms with E-state index in [0.29, 0.717) is 5.54 Å². The molecule has 0 rings (SSSR count). The molecule has 1 N–H and O–H groups in total. The van der Waals surface area contributed by atoms with Crippen molar-refractivity contribution in [1.29, 1.82) is 0 Å². The largest absolute Gasteiger partial charge is 0.311 e. The van der Waals surface area contributed by atoms with Gasteiger partial charge in [0.1, 0.15) is 0 Å². The van der Waals surface area contributed by atoms with Crippen LogP contribution >= 0.6 is 0 Å². The maximum absolute atomic E-state index is 3.73. The van der Waals surface area contributed by atoms with Crippen LogP contribution in [0.5, 0.6) is 0 Å². The molecule has 0 amide bonds. The van der Waals surface area contributed by atoms with E-state index in [2.05, 4.69) is 39.9 Å². The standard InChI is InChI=1S/C12H27N/c1-6-11(5)10-13-12(7-2,8-3)9-4/h11,13H,6-10H2,1-5H3. The molecule has 1 unspecified atom stereocenters. The van der Waals surface area contributed by atoms with E-state index in [4.69, 9.17) is 0 Å². The second kappa shape index (κ2) is 6.42. The van der Waals surface area contributed by atoms with E-state index in [-0.39, 0.29) is 0 Å². The Morgan fingerprint density at radius 1 is 1.00 bits per heavy atom. The third-order valence-electron chi connectivity index (χ3n) is 3.55. The van der Waals surface area contributed by atoms with Gasteiger partial charge in [0, 0.05) is 5.54 Å². The van der Waals surface area contributed by atoms with Crippen molar-refractivity contribution in [3.63, 3.8) is 0 Å². The van der Waals surface area contributed by atoms with Gasteiger partial charge in [0.15, 0.2) is 0 Å². The Balaban J connectivity index is 3.95. The average Bonchev–Trinajstić information content (AvgIpc) is 2.20. The normalized spacial score (nSPS) is 14.5. The summed E-state index contributed by atoms with van der Waals surface area (Å²) in [6, 6.07) is 0. The summed E-state index contributed by atoms with van der Waals surface area (Å²) in [5.74, 6) is 0.809. The van der Waals surface area contributed by atoms with Gasteiger partial charge < -0.3 is 5.32 Å². The molecule has 0 aliphatic heterocycles. The molecule has 0 aliphatic carbocycles. The molecule has 0 fully saturated rings. The predicted molar refractivity (Wildman–Crippen MR) is 61.1 cm³/mol. The van der Waals surface area contributed by atoms with Crippen LogP contribution in [0.1, 0.15) is 60.3 Å². The third kappa shape index (κ3) is 4.12. The van der Waals surface area contributed by atoms with Gasteiger partial charge in [-0.05, 0) is 31.7 Å². The lowest BCUT2D eigenvalue weighted by atomic mass is 9.89. The third-order valence-corrected chi connectivity index (χ3v) is 3.55. The van der Waals surface area contributed by atoms with Crippen molar-refractivity contribution in [1.82, 2.24) is 5.32 Å². The van der Waals surface area contributed by atoms with Gasteiger partial charge in [-0.1, -0.05) is 41.0 Å². The van der Waals surface area contributed by atoms with E-state index in [1.807, 2.05) is 0 Å². The molecule has 0 aliphatic rings. The molecule has 1 heteroatoms. The van der Waals surface area contributed by atoms with Gasteiger partial charge >= 0.3 is 0 Å². The van der Waals surface area contributed by atoms with E-state index < -0.39 is 0 Å². The first-order valence-corrected chi connectivity index (χ1v) is 5.89. The molecule has 13 heavy (non-hydrogen) atoms. The second-order valence-corrected chi connectivity index (χ2v) is 4.24. The summed E-state index contributed by atoms with van der Waals surface area (Å²) in [6.45, 7) is 12.6. The summed E-state index contributed by atoms with van der Waals surface area (Å²) in [7, 11) is 0. The van der Waals surface area contributed by atoms with E-state index in [9.17, 15) is 0 Å². The van der Waals surface area contributed by atoms with Crippen LogP contribution < -0.4 is 5.32 Å². The highest BCUT2D eigenvalue weighted by atomic mass is 15.0. The van der Waals surface area contributed by atoms with Gasteiger partial charge in [0.25, 0.3) is 0 Å². The molecular formula is C12H27N. The first-order valence-electron chi connectivity index (χ1n) is 5.89. The summed E-state index contributed by atoms with van der Waals surface area (Å²) in [5.41, 5.74) is 0.406. The van der Waals surface area contributed by atoms with E-state index >= 15 is 0 Å². The van der Waals surface area contributed by atoms with Crippen LogP contribution in [0.25, 0.3) is 0 Å². The lowest BCUT2D eigenvalue weighted by Crippen LogP contribution is -2.45. The lowest BCUT2D eigenvalue weighted by molar-refractivity contribution is 0.272. The van der Waals surface area contributed by atoms with Crippen molar-refractivity contribution in [2.45, 2.75) is 65.8 Å². The zero-order valence-corrected chi connectivity index (χ0v) is 10.1. The summed E-state index contributed by atoms with van der Waals surface area (Å²) in [5, 5.41) is 3.73. The highest BCUT2D eigenvalue weighted by molar-refractivity contribution is 4.84. The van der Waals surface area contributed by atoms with Crippen LogP contribution in [0.4, 0.5) is 0 Å². The molecule has 0 aromatic heterocycles. The molecule has 1 nitrogen and oxygen atoms in total. The molecule has 80 valence electrons. The summed E-state index contributed by atoms with van der Waals surface area (Å²) in [6.07, 6.45) is 5.02. The maximum atomic E-state index is 3.73. The van der Waals surface area contributed by atoms with Gasteiger partial charge in [-0.15, -0.1) is 0 Å². The van der Waals surface area contributed by atoms with Crippen molar-refractivity contribution in [3.8, 4) is 0 Å². The Morgan fingerprint density at radius 3 is 1.77 bits per heavy atom. The molecule has 0 heterocycles. The van der Waals surface area contributed by atoms with Crippen LogP contribution in [-0.4, -0.2) is 12.1 Å². The van der Waals surface area contributed by atoms with Gasteiger partial charge in [-0.3, -0.25) is 0 Å². The van der Waals surface area contributed by atoms with E-state index in [1.54, 1.807) is 0 Å². The highest BCUT2D eigenvalue weighted by Crippen LogP contribution is 2.19. The first kappa shape index (κ1) is 13.0. The fourth-order valence-corrected chi connectivity index (χ4v) is 1.66.